The van der Waals surface area contributed by atoms with Gasteiger partial charge in [0.2, 0.25) is 5.56 Å². The summed E-state index contributed by atoms with van der Waals surface area (Å²) in [6.07, 6.45) is 7.74. The number of amides is 1. The van der Waals surface area contributed by atoms with E-state index in [4.69, 9.17) is 0 Å². The summed E-state index contributed by atoms with van der Waals surface area (Å²) in [6.45, 7) is 1.98. The number of pyridine rings is 1. The van der Waals surface area contributed by atoms with E-state index < -0.39 is 0 Å². The Hall–Kier alpha value is -2.54. The minimum absolute atomic E-state index is 0.143. The van der Waals surface area contributed by atoms with Gasteiger partial charge in [-0.25, -0.2) is 4.98 Å². The van der Waals surface area contributed by atoms with E-state index in [9.17, 15) is 9.59 Å². The van der Waals surface area contributed by atoms with Crippen LogP contribution in [0.15, 0.2) is 46.6 Å². The smallest absolute Gasteiger partial charge is 0.252 e. The van der Waals surface area contributed by atoms with Crippen molar-refractivity contribution in [2.45, 2.75) is 49.1 Å². The number of nitrogens with zero attached hydrogens (tertiary/aromatic N) is 2. The topological polar surface area (TPSA) is 79.8 Å². The number of H-pyrrole nitrogens is 1. The first kappa shape index (κ1) is 18.8. The quantitative estimate of drug-likeness (QED) is 0.708. The number of hydrogen-bond acceptors (Lipinski definition) is 4. The average molecular weight is 397 g/mol. The molecule has 0 unspecified atom stereocenters. The Kier molecular flexibility index (Phi) is 5.26. The van der Waals surface area contributed by atoms with Gasteiger partial charge in [0, 0.05) is 47.7 Å². The number of aromatic nitrogens is 3. The highest BCUT2D eigenvalue weighted by atomic mass is 32.2. The maximum Gasteiger partial charge on any atom is 0.252 e. The minimum Gasteiger partial charge on any atom is -0.349 e. The second-order valence-corrected chi connectivity index (χ2v) is 8.75. The summed E-state index contributed by atoms with van der Waals surface area (Å²) in [5, 5.41) is 5.50. The Labute approximate surface area is 167 Å². The number of rotatable bonds is 4. The van der Waals surface area contributed by atoms with Gasteiger partial charge in [-0.3, -0.25) is 9.59 Å². The van der Waals surface area contributed by atoms with Gasteiger partial charge < -0.3 is 14.9 Å². The van der Waals surface area contributed by atoms with Crippen LogP contribution in [0.25, 0.3) is 10.9 Å². The Bertz CT molecular complexity index is 1060. The van der Waals surface area contributed by atoms with Gasteiger partial charge in [0.15, 0.2) is 5.16 Å². The van der Waals surface area contributed by atoms with Gasteiger partial charge >= 0.3 is 0 Å². The third kappa shape index (κ3) is 3.99. The fourth-order valence-electron chi connectivity index (χ4n) is 3.76. The predicted molar refractivity (Wildman–Crippen MR) is 112 cm³/mol. The number of benzene rings is 1. The van der Waals surface area contributed by atoms with Gasteiger partial charge in [0.05, 0.1) is 5.56 Å². The first-order valence-corrected chi connectivity index (χ1v) is 10.5. The lowest BCUT2D eigenvalue weighted by Gasteiger charge is -2.28. The fourth-order valence-corrected chi connectivity index (χ4v) is 4.91. The van der Waals surface area contributed by atoms with Crippen molar-refractivity contribution in [2.24, 2.45) is 7.05 Å². The zero-order valence-corrected chi connectivity index (χ0v) is 16.9. The van der Waals surface area contributed by atoms with Crippen molar-refractivity contribution >= 4 is 28.6 Å². The molecule has 1 saturated carbocycles. The highest BCUT2D eigenvalue weighted by molar-refractivity contribution is 7.99. The van der Waals surface area contributed by atoms with Crippen LogP contribution >= 0.6 is 11.8 Å². The molecule has 0 aliphatic heterocycles. The predicted octanol–water partition coefficient (Wildman–Crippen LogP) is 3.40. The van der Waals surface area contributed by atoms with Crippen molar-refractivity contribution in [3.05, 3.63) is 58.1 Å². The van der Waals surface area contributed by atoms with E-state index in [1.54, 1.807) is 0 Å². The van der Waals surface area contributed by atoms with E-state index in [1.807, 2.05) is 60.9 Å². The lowest BCUT2D eigenvalue weighted by atomic mass is 9.94. The van der Waals surface area contributed by atoms with E-state index in [0.29, 0.717) is 16.3 Å². The molecule has 28 heavy (non-hydrogen) atoms. The average Bonchev–Trinajstić information content (AvgIpc) is 3.07. The monoisotopic (exact) mass is 396 g/mol. The van der Waals surface area contributed by atoms with Gasteiger partial charge in [-0.1, -0.05) is 23.4 Å². The number of nitrogens with one attached hydrogen (secondary N) is 2. The molecule has 2 heterocycles. The molecular formula is C21H24N4O2S. The van der Waals surface area contributed by atoms with E-state index in [1.165, 1.54) is 6.07 Å². The molecule has 2 aromatic heterocycles. The van der Waals surface area contributed by atoms with Crippen molar-refractivity contribution in [1.82, 2.24) is 19.9 Å². The summed E-state index contributed by atoms with van der Waals surface area (Å²) in [7, 11) is 2.01. The van der Waals surface area contributed by atoms with Crippen LogP contribution in [0.1, 0.15) is 41.6 Å². The SMILES string of the molecule is Cc1ccc2[nH]c(=O)cc(C(=O)NC3CCC(Sc4nccn4C)CC3)c2c1. The maximum atomic E-state index is 12.9. The third-order valence-corrected chi connectivity index (χ3v) is 6.71. The highest BCUT2D eigenvalue weighted by Gasteiger charge is 2.25. The number of aryl methyl sites for hydroxylation is 2. The second-order valence-electron chi connectivity index (χ2n) is 7.48. The number of fused-ring (bicyclic) bond motifs is 1. The largest absolute Gasteiger partial charge is 0.349 e. The summed E-state index contributed by atoms with van der Waals surface area (Å²) in [4.78, 5) is 32.0. The zero-order valence-electron chi connectivity index (χ0n) is 16.1. The van der Waals surface area contributed by atoms with E-state index in [-0.39, 0.29) is 17.5 Å². The van der Waals surface area contributed by atoms with Crippen LogP contribution in [0.3, 0.4) is 0 Å². The van der Waals surface area contributed by atoms with Gasteiger partial charge in [-0.05, 0) is 44.7 Å². The molecule has 1 aliphatic carbocycles. The summed E-state index contributed by atoms with van der Waals surface area (Å²) >= 11 is 1.81. The Balaban J connectivity index is 1.42. The van der Waals surface area contributed by atoms with Crippen molar-refractivity contribution in [2.75, 3.05) is 0 Å². The molecule has 0 atom stereocenters. The lowest BCUT2D eigenvalue weighted by Crippen LogP contribution is -2.38. The zero-order chi connectivity index (χ0) is 19.7. The molecule has 4 rings (SSSR count). The first-order chi connectivity index (χ1) is 13.5. The van der Waals surface area contributed by atoms with Gasteiger partial charge in [-0.15, -0.1) is 0 Å². The van der Waals surface area contributed by atoms with Crippen molar-refractivity contribution < 1.29 is 4.79 Å². The van der Waals surface area contributed by atoms with Gasteiger partial charge in [0.1, 0.15) is 0 Å². The van der Waals surface area contributed by atoms with Crippen molar-refractivity contribution in [3.8, 4) is 0 Å². The van der Waals surface area contributed by atoms with Gasteiger partial charge in [0.25, 0.3) is 5.91 Å². The number of aromatic amines is 1. The third-order valence-electron chi connectivity index (χ3n) is 5.30. The Morgan fingerprint density at radius 3 is 2.75 bits per heavy atom. The Morgan fingerprint density at radius 1 is 1.25 bits per heavy atom. The molecule has 2 N–H and O–H groups in total. The molecule has 6 nitrogen and oxygen atoms in total. The summed E-state index contributed by atoms with van der Waals surface area (Å²) in [5.41, 5.74) is 1.95. The summed E-state index contributed by atoms with van der Waals surface area (Å²) in [5.74, 6) is -0.165. The lowest BCUT2D eigenvalue weighted by molar-refractivity contribution is 0.0929. The van der Waals surface area contributed by atoms with Crippen molar-refractivity contribution in [3.63, 3.8) is 0 Å². The van der Waals surface area contributed by atoms with E-state index in [2.05, 4.69) is 15.3 Å². The maximum absolute atomic E-state index is 12.9. The molecule has 0 saturated heterocycles. The molecule has 0 bridgehead atoms. The normalized spacial score (nSPS) is 19.6. The molecule has 1 fully saturated rings. The van der Waals surface area contributed by atoms with Crippen LogP contribution in [0, 0.1) is 6.92 Å². The van der Waals surface area contributed by atoms with E-state index in [0.717, 1.165) is 41.8 Å². The van der Waals surface area contributed by atoms with Crippen LogP contribution in [-0.4, -0.2) is 31.7 Å². The van der Waals surface area contributed by atoms with Crippen LogP contribution in [0.5, 0.6) is 0 Å². The molecule has 0 spiro atoms. The molecule has 1 amide bonds. The number of thioether (sulfide) groups is 1. The Morgan fingerprint density at radius 2 is 2.04 bits per heavy atom. The first-order valence-electron chi connectivity index (χ1n) is 9.58. The fraction of sp³-hybridized carbons (Fsp3) is 0.381. The highest BCUT2D eigenvalue weighted by Crippen LogP contribution is 2.32. The number of hydrogen-bond donors (Lipinski definition) is 2. The summed E-state index contributed by atoms with van der Waals surface area (Å²) in [6, 6.07) is 7.27. The van der Waals surface area contributed by atoms with Crippen LogP contribution in [0.2, 0.25) is 0 Å². The van der Waals surface area contributed by atoms with Crippen LogP contribution in [0.4, 0.5) is 0 Å². The van der Waals surface area contributed by atoms with Crippen LogP contribution < -0.4 is 10.9 Å². The molecule has 0 radical (unpaired) electrons. The van der Waals surface area contributed by atoms with Crippen LogP contribution in [-0.2, 0) is 7.05 Å². The molecule has 1 aliphatic rings. The summed E-state index contributed by atoms with van der Waals surface area (Å²) < 4.78 is 2.04. The molecular weight excluding hydrogens is 372 g/mol. The molecule has 146 valence electrons. The van der Waals surface area contributed by atoms with Crippen molar-refractivity contribution in [1.29, 1.82) is 0 Å². The minimum atomic E-state index is -0.253. The molecule has 1 aromatic carbocycles. The van der Waals surface area contributed by atoms with Gasteiger partial charge in [-0.2, -0.15) is 0 Å². The molecule has 3 aromatic rings. The number of carbonyl (C=O) groups is 1. The van der Waals surface area contributed by atoms with E-state index >= 15 is 0 Å². The second kappa shape index (κ2) is 7.83. The standard InChI is InChI=1S/C21H24N4O2S/c1-13-3-8-18-16(11-13)17(12-19(26)24-18)20(27)23-14-4-6-15(7-5-14)28-21-22-9-10-25(21)2/h3,8-12,14-15H,4-7H2,1-2H3,(H,23,27)(H,24,26). The number of imidazole rings is 1. The molecule has 7 heteroatoms. The number of carbonyl (C=O) groups excluding carboxylic acids is 1.